The Balaban J connectivity index is 2.13. The fourth-order valence-electron chi connectivity index (χ4n) is 1.22. The fraction of sp³-hybridized carbons (Fsp3) is 0.667. The summed E-state index contributed by atoms with van der Waals surface area (Å²) < 4.78 is 10.1. The van der Waals surface area contributed by atoms with Crippen molar-refractivity contribution in [2.45, 2.75) is 12.2 Å². The molecule has 54 valence electrons. The maximum Gasteiger partial charge on any atom is 0.370 e. The van der Waals surface area contributed by atoms with E-state index in [1.807, 2.05) is 0 Å². The lowest BCUT2D eigenvalue weighted by Crippen LogP contribution is -2.18. The topological polar surface area (TPSA) is 47.6 Å². The SMILES string of the molecule is O=C=C1OC2CNCC2O1. The molecule has 2 unspecified atom stereocenters. The third kappa shape index (κ3) is 0.701. The van der Waals surface area contributed by atoms with Gasteiger partial charge in [0.2, 0.25) is 5.94 Å². The molecule has 4 nitrogen and oxygen atoms in total. The standard InChI is InChI=1S/C6H7NO3/c8-3-6-9-4-1-7-2-5(4)10-6/h4-5,7H,1-2H2. The molecule has 0 aromatic rings. The van der Waals surface area contributed by atoms with Crippen LogP contribution >= 0.6 is 0 Å². The van der Waals surface area contributed by atoms with Crippen LogP contribution in [0.25, 0.3) is 0 Å². The first-order chi connectivity index (χ1) is 4.90. The summed E-state index contributed by atoms with van der Waals surface area (Å²) in [6.07, 6.45) is 0.0490. The van der Waals surface area contributed by atoms with Crippen molar-refractivity contribution >= 4 is 5.94 Å². The minimum atomic E-state index is 0.0106. The Kier molecular flexibility index (Phi) is 1.16. The van der Waals surface area contributed by atoms with E-state index >= 15 is 0 Å². The minimum absolute atomic E-state index is 0.0106. The van der Waals surface area contributed by atoms with E-state index in [1.165, 1.54) is 0 Å². The van der Waals surface area contributed by atoms with Crippen molar-refractivity contribution in [2.75, 3.05) is 13.1 Å². The molecule has 0 radical (unpaired) electrons. The molecule has 0 aromatic carbocycles. The maximum absolute atomic E-state index is 10.0. The van der Waals surface area contributed by atoms with Crippen molar-refractivity contribution in [3.8, 4) is 0 Å². The Morgan fingerprint density at radius 3 is 2.50 bits per heavy atom. The molecule has 2 aliphatic rings. The predicted molar refractivity (Wildman–Crippen MR) is 31.8 cm³/mol. The number of rotatable bonds is 0. The van der Waals surface area contributed by atoms with Gasteiger partial charge in [-0.3, -0.25) is 0 Å². The summed E-state index contributed by atoms with van der Waals surface area (Å²) in [6.45, 7) is 1.52. The fourth-order valence-corrected chi connectivity index (χ4v) is 1.22. The quantitative estimate of drug-likeness (QED) is 0.442. The Bertz CT molecular complexity index is 183. The van der Waals surface area contributed by atoms with Gasteiger partial charge in [-0.25, -0.2) is 4.79 Å². The zero-order valence-corrected chi connectivity index (χ0v) is 5.29. The predicted octanol–water partition coefficient (Wildman–Crippen LogP) is -0.953. The average Bonchev–Trinajstić information content (AvgIpc) is 2.42. The molecular weight excluding hydrogens is 134 g/mol. The molecule has 2 aliphatic heterocycles. The molecule has 2 heterocycles. The second kappa shape index (κ2) is 2.01. The lowest BCUT2D eigenvalue weighted by molar-refractivity contribution is 0.136. The van der Waals surface area contributed by atoms with Crippen LogP contribution in [0.3, 0.4) is 0 Å². The van der Waals surface area contributed by atoms with E-state index in [2.05, 4.69) is 5.32 Å². The van der Waals surface area contributed by atoms with Crippen molar-refractivity contribution in [3.05, 3.63) is 5.95 Å². The average molecular weight is 141 g/mol. The van der Waals surface area contributed by atoms with Crippen LogP contribution in [0.1, 0.15) is 0 Å². The molecule has 0 spiro atoms. The summed E-state index contributed by atoms with van der Waals surface area (Å²) in [5.74, 6) is 1.60. The van der Waals surface area contributed by atoms with Gasteiger partial charge in [0.25, 0.3) is 0 Å². The molecule has 0 bridgehead atoms. The summed E-state index contributed by atoms with van der Waals surface area (Å²) >= 11 is 0. The van der Waals surface area contributed by atoms with Crippen molar-refractivity contribution in [3.63, 3.8) is 0 Å². The summed E-state index contributed by atoms with van der Waals surface area (Å²) in [7, 11) is 0. The van der Waals surface area contributed by atoms with Crippen LogP contribution < -0.4 is 5.32 Å². The van der Waals surface area contributed by atoms with E-state index in [-0.39, 0.29) is 18.2 Å². The molecule has 10 heavy (non-hydrogen) atoms. The molecule has 0 amide bonds. The van der Waals surface area contributed by atoms with E-state index in [1.54, 1.807) is 5.94 Å². The Morgan fingerprint density at radius 1 is 1.40 bits per heavy atom. The lowest BCUT2D eigenvalue weighted by atomic mass is 10.3. The molecule has 2 saturated heterocycles. The van der Waals surface area contributed by atoms with Crippen LogP contribution in [0, 0.1) is 0 Å². The second-order valence-electron chi connectivity index (χ2n) is 2.36. The van der Waals surface area contributed by atoms with Crippen molar-refractivity contribution in [2.24, 2.45) is 0 Å². The van der Waals surface area contributed by atoms with Crippen LogP contribution in [-0.2, 0) is 14.3 Å². The van der Waals surface area contributed by atoms with Crippen LogP contribution in [0.4, 0.5) is 0 Å². The van der Waals surface area contributed by atoms with Gasteiger partial charge >= 0.3 is 5.95 Å². The molecule has 2 atom stereocenters. The van der Waals surface area contributed by atoms with Gasteiger partial charge in [0.05, 0.1) is 0 Å². The second-order valence-corrected chi connectivity index (χ2v) is 2.36. The minimum Gasteiger partial charge on any atom is -0.448 e. The first-order valence-corrected chi connectivity index (χ1v) is 3.19. The highest BCUT2D eigenvalue weighted by Crippen LogP contribution is 2.22. The summed E-state index contributed by atoms with van der Waals surface area (Å²) in [5, 5.41) is 3.08. The molecule has 4 heteroatoms. The van der Waals surface area contributed by atoms with Crippen molar-refractivity contribution < 1.29 is 14.3 Å². The van der Waals surface area contributed by atoms with Crippen molar-refractivity contribution in [1.82, 2.24) is 5.32 Å². The van der Waals surface area contributed by atoms with Crippen LogP contribution in [-0.4, -0.2) is 31.2 Å². The number of nitrogens with one attached hydrogen (secondary N) is 1. The van der Waals surface area contributed by atoms with Crippen molar-refractivity contribution in [1.29, 1.82) is 0 Å². The van der Waals surface area contributed by atoms with E-state index in [0.29, 0.717) is 0 Å². The smallest absolute Gasteiger partial charge is 0.370 e. The first kappa shape index (κ1) is 5.77. The number of hydrogen-bond acceptors (Lipinski definition) is 4. The zero-order chi connectivity index (χ0) is 6.97. The van der Waals surface area contributed by atoms with Gasteiger partial charge in [0.15, 0.2) is 12.2 Å². The summed E-state index contributed by atoms with van der Waals surface area (Å²) in [5.41, 5.74) is 0. The van der Waals surface area contributed by atoms with Gasteiger partial charge in [-0.05, 0) is 0 Å². The highest BCUT2D eigenvalue weighted by Gasteiger charge is 2.38. The normalized spacial score (nSPS) is 36.2. The molecule has 2 rings (SSSR count). The van der Waals surface area contributed by atoms with Crippen LogP contribution in [0.15, 0.2) is 5.95 Å². The number of ether oxygens (including phenoxy) is 2. The zero-order valence-electron chi connectivity index (χ0n) is 5.29. The maximum atomic E-state index is 10.0. The molecule has 0 aromatic heterocycles. The molecule has 1 N–H and O–H groups in total. The lowest BCUT2D eigenvalue weighted by Gasteiger charge is -1.99. The van der Waals surface area contributed by atoms with Gasteiger partial charge < -0.3 is 14.8 Å². The first-order valence-electron chi connectivity index (χ1n) is 3.19. The number of fused-ring (bicyclic) bond motifs is 1. The van der Waals surface area contributed by atoms with E-state index in [0.717, 1.165) is 13.1 Å². The highest BCUT2D eigenvalue weighted by atomic mass is 16.7. The molecule has 2 fully saturated rings. The summed E-state index contributed by atoms with van der Waals surface area (Å²) in [6, 6.07) is 0. The highest BCUT2D eigenvalue weighted by molar-refractivity contribution is 5.47. The Hall–Kier alpha value is -0.990. The van der Waals surface area contributed by atoms with Gasteiger partial charge in [-0.15, -0.1) is 0 Å². The molecule has 0 saturated carbocycles. The van der Waals surface area contributed by atoms with Crippen LogP contribution in [0.2, 0.25) is 0 Å². The van der Waals surface area contributed by atoms with Gasteiger partial charge in [-0.2, -0.15) is 0 Å². The van der Waals surface area contributed by atoms with Gasteiger partial charge in [0.1, 0.15) is 0 Å². The monoisotopic (exact) mass is 141 g/mol. The number of hydrogen-bond donors (Lipinski definition) is 1. The van der Waals surface area contributed by atoms with Crippen LogP contribution in [0.5, 0.6) is 0 Å². The largest absolute Gasteiger partial charge is 0.448 e. The third-order valence-electron chi connectivity index (χ3n) is 1.71. The van der Waals surface area contributed by atoms with Gasteiger partial charge in [-0.1, -0.05) is 0 Å². The molecular formula is C6H7NO3. The van der Waals surface area contributed by atoms with E-state index in [9.17, 15) is 4.79 Å². The number of carbonyl (C=O) groups excluding carboxylic acids is 1. The van der Waals surface area contributed by atoms with Gasteiger partial charge in [0, 0.05) is 13.1 Å². The van der Waals surface area contributed by atoms with E-state index in [4.69, 9.17) is 9.47 Å². The van der Waals surface area contributed by atoms with E-state index < -0.39 is 0 Å². The summed E-state index contributed by atoms with van der Waals surface area (Å²) in [4.78, 5) is 10.0. The third-order valence-corrected chi connectivity index (χ3v) is 1.71. The Morgan fingerprint density at radius 2 is 2.00 bits per heavy atom. The Labute approximate surface area is 57.8 Å². The molecule has 0 aliphatic carbocycles.